The van der Waals surface area contributed by atoms with Crippen molar-refractivity contribution in [2.75, 3.05) is 11.5 Å². The number of nitrogens with zero attached hydrogens (tertiary/aromatic N) is 5. The Morgan fingerprint density at radius 1 is 1.17 bits per heavy atom. The molecule has 3 aromatic heterocycles. The van der Waals surface area contributed by atoms with Gasteiger partial charge in [-0.1, -0.05) is 18.2 Å². The van der Waals surface area contributed by atoms with Gasteiger partial charge in [-0.15, -0.1) is 10.2 Å². The minimum Gasteiger partial charge on any atom is -0.489 e. The Morgan fingerprint density at radius 2 is 2.00 bits per heavy atom. The average Bonchev–Trinajstić information content (AvgIpc) is 3.29. The van der Waals surface area contributed by atoms with Crippen molar-refractivity contribution in [2.24, 2.45) is 0 Å². The van der Waals surface area contributed by atoms with Crippen molar-refractivity contribution in [3.8, 4) is 16.9 Å². The van der Waals surface area contributed by atoms with Gasteiger partial charge in [-0.2, -0.15) is 0 Å². The Labute approximate surface area is 202 Å². The van der Waals surface area contributed by atoms with Crippen LogP contribution in [-0.2, 0) is 17.7 Å². The molecule has 0 saturated carbocycles. The zero-order valence-electron chi connectivity index (χ0n) is 20.1. The van der Waals surface area contributed by atoms with Crippen LogP contribution in [0.4, 0.5) is 15.0 Å². The lowest BCUT2D eigenvalue weighted by Crippen LogP contribution is -2.38. The summed E-state index contributed by atoms with van der Waals surface area (Å²) in [5.41, 5.74) is 3.41. The lowest BCUT2D eigenvalue weighted by atomic mass is 10.0. The van der Waals surface area contributed by atoms with Crippen molar-refractivity contribution in [1.82, 2.24) is 19.6 Å². The van der Waals surface area contributed by atoms with Crippen molar-refractivity contribution in [1.29, 1.82) is 0 Å². The van der Waals surface area contributed by atoms with Crippen LogP contribution in [0, 0.1) is 12.7 Å². The molecule has 0 aliphatic carbocycles. The van der Waals surface area contributed by atoms with Gasteiger partial charge in [0.15, 0.2) is 17.2 Å². The standard InChI is InChI=1S/C26H26FN5O3/c1-16-18(8-6-11-28-16)19-13-22-24(32-15-29-30-23(19)32)31(25(33)35-26(2,3)4)14-20-17(10-12-34-22)7-5-9-21(20)27/h5-9,11,13,15H,10,12,14H2,1-4H3. The van der Waals surface area contributed by atoms with Gasteiger partial charge in [-0.3, -0.25) is 14.3 Å². The first-order chi connectivity index (χ1) is 16.7. The number of ether oxygens (including phenoxy) is 2. The fraction of sp³-hybridized carbons (Fsp3) is 0.308. The highest BCUT2D eigenvalue weighted by atomic mass is 19.1. The molecule has 0 bridgehead atoms. The summed E-state index contributed by atoms with van der Waals surface area (Å²) < 4.78 is 28.6. The second-order valence-electron chi connectivity index (χ2n) is 9.45. The predicted octanol–water partition coefficient (Wildman–Crippen LogP) is 5.12. The van der Waals surface area contributed by atoms with E-state index in [4.69, 9.17) is 9.47 Å². The van der Waals surface area contributed by atoms with E-state index in [2.05, 4.69) is 15.2 Å². The van der Waals surface area contributed by atoms with Crippen LogP contribution < -0.4 is 9.64 Å². The molecule has 0 radical (unpaired) electrons. The molecule has 8 nitrogen and oxygen atoms in total. The molecule has 0 fully saturated rings. The normalized spacial score (nSPS) is 13.8. The van der Waals surface area contributed by atoms with Crippen molar-refractivity contribution in [3.05, 3.63) is 71.6 Å². The highest BCUT2D eigenvalue weighted by Gasteiger charge is 2.32. The van der Waals surface area contributed by atoms with Crippen molar-refractivity contribution >= 4 is 17.6 Å². The van der Waals surface area contributed by atoms with E-state index in [-0.39, 0.29) is 12.4 Å². The number of carbonyl (C=O) groups is 1. The Balaban J connectivity index is 1.76. The summed E-state index contributed by atoms with van der Waals surface area (Å²) in [6.07, 6.45) is 3.10. The average molecular weight is 476 g/mol. The van der Waals surface area contributed by atoms with E-state index in [1.807, 2.05) is 31.2 Å². The fourth-order valence-corrected chi connectivity index (χ4v) is 4.28. The molecule has 0 unspecified atom stereocenters. The molecular weight excluding hydrogens is 449 g/mol. The van der Waals surface area contributed by atoms with Gasteiger partial charge < -0.3 is 9.47 Å². The number of aryl methyl sites for hydroxylation is 1. The molecular formula is C26H26FN5O3. The Hall–Kier alpha value is -4.01. The summed E-state index contributed by atoms with van der Waals surface area (Å²) in [7, 11) is 0. The number of amides is 1. The third-order valence-electron chi connectivity index (χ3n) is 5.84. The molecule has 1 amide bonds. The number of hydrogen-bond acceptors (Lipinski definition) is 6. The number of halogens is 1. The van der Waals surface area contributed by atoms with Crippen LogP contribution in [0.1, 0.15) is 37.6 Å². The highest BCUT2D eigenvalue weighted by Crippen LogP contribution is 2.39. The van der Waals surface area contributed by atoms with Crippen LogP contribution in [-0.4, -0.2) is 37.9 Å². The topological polar surface area (TPSA) is 81.9 Å². The zero-order chi connectivity index (χ0) is 24.7. The van der Waals surface area contributed by atoms with Crippen LogP contribution in [0.15, 0.2) is 48.9 Å². The zero-order valence-corrected chi connectivity index (χ0v) is 20.1. The molecule has 4 aromatic rings. The van der Waals surface area contributed by atoms with Gasteiger partial charge >= 0.3 is 6.09 Å². The SMILES string of the molecule is Cc1ncccc1-c1cc2c(n3cnnc13)N(C(=O)OC(C)(C)C)Cc1c(F)cccc1CCO2. The van der Waals surface area contributed by atoms with Crippen LogP contribution in [0.5, 0.6) is 5.75 Å². The van der Waals surface area contributed by atoms with Crippen LogP contribution in [0.25, 0.3) is 16.8 Å². The first-order valence-electron chi connectivity index (χ1n) is 11.4. The van der Waals surface area contributed by atoms with Crippen molar-refractivity contribution in [3.63, 3.8) is 0 Å². The van der Waals surface area contributed by atoms with E-state index in [0.29, 0.717) is 35.8 Å². The third-order valence-corrected chi connectivity index (χ3v) is 5.84. The van der Waals surface area contributed by atoms with E-state index < -0.39 is 11.7 Å². The predicted molar refractivity (Wildman–Crippen MR) is 129 cm³/mol. The number of pyridine rings is 2. The van der Waals surface area contributed by atoms with Crippen LogP contribution in [0.2, 0.25) is 0 Å². The number of aromatic nitrogens is 4. The molecule has 0 spiro atoms. The number of anilines is 1. The molecule has 35 heavy (non-hydrogen) atoms. The van der Waals surface area contributed by atoms with Gasteiger partial charge in [0.25, 0.3) is 0 Å². The molecule has 9 heteroatoms. The van der Waals surface area contributed by atoms with E-state index in [1.54, 1.807) is 37.4 Å². The Morgan fingerprint density at radius 3 is 2.77 bits per heavy atom. The van der Waals surface area contributed by atoms with Gasteiger partial charge in [-0.25, -0.2) is 9.18 Å². The van der Waals surface area contributed by atoms with Gasteiger partial charge in [0.05, 0.1) is 13.2 Å². The number of fused-ring (bicyclic) bond motifs is 4. The lowest BCUT2D eigenvalue weighted by molar-refractivity contribution is 0.0574. The highest BCUT2D eigenvalue weighted by molar-refractivity contribution is 5.92. The summed E-state index contributed by atoms with van der Waals surface area (Å²) in [5.74, 6) is 0.428. The monoisotopic (exact) mass is 475 g/mol. The summed E-state index contributed by atoms with van der Waals surface area (Å²) in [5, 5.41) is 8.45. The quantitative estimate of drug-likeness (QED) is 0.380. The summed E-state index contributed by atoms with van der Waals surface area (Å²) in [4.78, 5) is 19.3. The maximum Gasteiger partial charge on any atom is 0.416 e. The lowest BCUT2D eigenvalue weighted by Gasteiger charge is -2.29. The van der Waals surface area contributed by atoms with Gasteiger partial charge in [0.1, 0.15) is 17.7 Å². The summed E-state index contributed by atoms with van der Waals surface area (Å²) >= 11 is 0. The number of benzene rings is 1. The number of hydrogen-bond donors (Lipinski definition) is 0. The van der Waals surface area contributed by atoms with E-state index in [1.165, 1.54) is 17.3 Å². The van der Waals surface area contributed by atoms with Crippen LogP contribution >= 0.6 is 0 Å². The Bertz CT molecular complexity index is 1430. The van der Waals surface area contributed by atoms with Crippen molar-refractivity contribution < 1.29 is 18.7 Å². The van der Waals surface area contributed by atoms with E-state index in [0.717, 1.165) is 22.4 Å². The van der Waals surface area contributed by atoms with E-state index in [9.17, 15) is 9.18 Å². The first-order valence-corrected chi connectivity index (χ1v) is 11.4. The maximum absolute atomic E-state index is 15.0. The molecule has 180 valence electrons. The smallest absolute Gasteiger partial charge is 0.416 e. The Kier molecular flexibility index (Phi) is 5.62. The minimum absolute atomic E-state index is 0.0359. The maximum atomic E-state index is 15.0. The van der Waals surface area contributed by atoms with Gasteiger partial charge in [0, 0.05) is 35.0 Å². The molecule has 1 aliphatic heterocycles. The van der Waals surface area contributed by atoms with Crippen LogP contribution in [0.3, 0.4) is 0 Å². The number of carbonyl (C=O) groups excluding carboxylic acids is 1. The van der Waals surface area contributed by atoms with Crippen molar-refractivity contribution in [2.45, 2.75) is 46.3 Å². The molecule has 0 atom stereocenters. The molecule has 5 rings (SSSR count). The molecule has 1 aliphatic rings. The molecule has 0 N–H and O–H groups in total. The molecule has 4 heterocycles. The second-order valence-corrected chi connectivity index (χ2v) is 9.45. The minimum atomic E-state index is -0.756. The fourth-order valence-electron chi connectivity index (χ4n) is 4.28. The van der Waals surface area contributed by atoms with E-state index >= 15 is 0 Å². The molecule has 1 aromatic carbocycles. The third kappa shape index (κ3) is 4.29. The van der Waals surface area contributed by atoms with Gasteiger partial charge in [-0.05, 0) is 51.5 Å². The molecule has 0 saturated heterocycles. The summed E-state index contributed by atoms with van der Waals surface area (Å²) in [6.45, 7) is 7.54. The summed E-state index contributed by atoms with van der Waals surface area (Å²) in [6, 6.07) is 10.6. The largest absolute Gasteiger partial charge is 0.489 e. The number of rotatable bonds is 1. The second kappa shape index (κ2) is 8.65. The first kappa shape index (κ1) is 22.8. The van der Waals surface area contributed by atoms with Gasteiger partial charge in [0.2, 0.25) is 0 Å².